The van der Waals surface area contributed by atoms with Gasteiger partial charge in [-0.15, -0.1) is 0 Å². The third-order valence-electron chi connectivity index (χ3n) is 4.48. The molecule has 0 atom stereocenters. The molecule has 1 aliphatic rings. The molecule has 1 heteroatoms. The summed E-state index contributed by atoms with van der Waals surface area (Å²) in [7, 11) is 0. The zero-order chi connectivity index (χ0) is 12.5. The van der Waals surface area contributed by atoms with Crippen LogP contribution in [0.25, 0.3) is 0 Å². The van der Waals surface area contributed by atoms with Crippen LogP contribution in [0.4, 0.5) is 0 Å². The van der Waals surface area contributed by atoms with E-state index in [2.05, 4.69) is 51.1 Å². The molecule has 1 nitrogen and oxygen atoms in total. The van der Waals surface area contributed by atoms with Gasteiger partial charge in [0.15, 0.2) is 0 Å². The lowest BCUT2D eigenvalue weighted by Crippen LogP contribution is -2.45. The number of hydrogen-bond acceptors (Lipinski definition) is 1. The molecule has 1 aromatic carbocycles. The predicted octanol–water partition coefficient (Wildman–Crippen LogP) is 4.12. The minimum absolute atomic E-state index is 0.00530. The van der Waals surface area contributed by atoms with Gasteiger partial charge < -0.3 is 5.11 Å². The molecule has 94 valence electrons. The normalized spacial score (nSPS) is 30.2. The van der Waals surface area contributed by atoms with Crippen LogP contribution in [0.5, 0.6) is 0 Å². The van der Waals surface area contributed by atoms with Crippen molar-refractivity contribution in [2.24, 2.45) is 5.41 Å². The van der Waals surface area contributed by atoms with E-state index in [0.717, 1.165) is 25.7 Å². The van der Waals surface area contributed by atoms with Crippen molar-refractivity contribution < 1.29 is 5.11 Å². The summed E-state index contributed by atoms with van der Waals surface area (Å²) in [6, 6.07) is 10.7. The minimum atomic E-state index is -0.474. The first-order valence-electron chi connectivity index (χ1n) is 6.70. The average Bonchev–Trinajstić information content (AvgIpc) is 2.30. The van der Waals surface area contributed by atoms with E-state index in [9.17, 15) is 5.11 Å². The topological polar surface area (TPSA) is 20.2 Å². The molecular formula is C16H24O. The van der Waals surface area contributed by atoms with Gasteiger partial charge in [0.2, 0.25) is 0 Å². The molecule has 0 spiro atoms. The Bertz CT molecular complexity index is 353. The minimum Gasteiger partial charge on any atom is -0.389 e. The molecule has 0 radical (unpaired) electrons. The summed E-state index contributed by atoms with van der Waals surface area (Å²) < 4.78 is 0. The molecule has 1 fully saturated rings. The van der Waals surface area contributed by atoms with Gasteiger partial charge in [0, 0.05) is 0 Å². The summed E-state index contributed by atoms with van der Waals surface area (Å²) in [6.45, 7) is 6.45. The fraction of sp³-hybridized carbons (Fsp3) is 0.625. The molecule has 1 N–H and O–H groups in total. The Hall–Kier alpha value is -0.820. The van der Waals surface area contributed by atoms with E-state index in [1.807, 2.05) is 0 Å². The first-order valence-corrected chi connectivity index (χ1v) is 6.70. The van der Waals surface area contributed by atoms with E-state index in [-0.39, 0.29) is 5.41 Å². The summed E-state index contributed by atoms with van der Waals surface area (Å²) in [5, 5.41) is 10.7. The summed E-state index contributed by atoms with van der Waals surface area (Å²) in [4.78, 5) is 0. The molecule has 0 unspecified atom stereocenters. The Kier molecular flexibility index (Phi) is 3.31. The van der Waals surface area contributed by atoms with Crippen LogP contribution in [-0.2, 0) is 0 Å². The predicted molar refractivity (Wildman–Crippen MR) is 72.1 cm³/mol. The van der Waals surface area contributed by atoms with Crippen LogP contribution in [0.3, 0.4) is 0 Å². The highest BCUT2D eigenvalue weighted by Gasteiger charge is 2.42. The lowest BCUT2D eigenvalue weighted by Gasteiger charge is -2.45. The lowest BCUT2D eigenvalue weighted by atomic mass is 9.65. The molecule has 0 bridgehead atoms. The van der Waals surface area contributed by atoms with Crippen molar-refractivity contribution in [2.75, 3.05) is 0 Å². The molecule has 0 aromatic heterocycles. The SMILES string of the molecule is CC(C)(C)C1(O)CCC(c2ccccc2)CC1. The third-order valence-corrected chi connectivity index (χ3v) is 4.48. The Labute approximate surface area is 105 Å². The van der Waals surface area contributed by atoms with Crippen molar-refractivity contribution in [1.29, 1.82) is 0 Å². The highest BCUT2D eigenvalue weighted by molar-refractivity contribution is 5.20. The molecule has 1 aromatic rings. The zero-order valence-corrected chi connectivity index (χ0v) is 11.2. The van der Waals surface area contributed by atoms with Crippen LogP contribution in [0, 0.1) is 5.41 Å². The molecule has 1 saturated carbocycles. The summed E-state index contributed by atoms with van der Waals surface area (Å²) in [5.41, 5.74) is 0.955. The zero-order valence-electron chi connectivity index (χ0n) is 11.2. The number of benzene rings is 1. The van der Waals surface area contributed by atoms with Crippen LogP contribution in [0.15, 0.2) is 30.3 Å². The maximum atomic E-state index is 10.7. The summed E-state index contributed by atoms with van der Waals surface area (Å²) in [6.07, 6.45) is 4.07. The molecule has 0 amide bonds. The summed E-state index contributed by atoms with van der Waals surface area (Å²) >= 11 is 0. The molecular weight excluding hydrogens is 208 g/mol. The van der Waals surface area contributed by atoms with Crippen molar-refractivity contribution in [2.45, 2.75) is 58.0 Å². The Morgan fingerprint density at radius 2 is 1.59 bits per heavy atom. The Morgan fingerprint density at radius 3 is 2.06 bits per heavy atom. The second-order valence-electron chi connectivity index (χ2n) is 6.47. The second-order valence-corrected chi connectivity index (χ2v) is 6.47. The van der Waals surface area contributed by atoms with E-state index in [4.69, 9.17) is 0 Å². The van der Waals surface area contributed by atoms with Crippen LogP contribution in [-0.4, -0.2) is 10.7 Å². The largest absolute Gasteiger partial charge is 0.389 e. The monoisotopic (exact) mass is 232 g/mol. The van der Waals surface area contributed by atoms with Crippen LogP contribution >= 0.6 is 0 Å². The molecule has 0 heterocycles. The highest BCUT2D eigenvalue weighted by atomic mass is 16.3. The Morgan fingerprint density at radius 1 is 1.06 bits per heavy atom. The van der Waals surface area contributed by atoms with E-state index >= 15 is 0 Å². The highest BCUT2D eigenvalue weighted by Crippen LogP contribution is 2.46. The number of aliphatic hydroxyl groups is 1. The first-order chi connectivity index (χ1) is 7.92. The molecule has 1 aliphatic carbocycles. The summed E-state index contributed by atoms with van der Waals surface area (Å²) in [5.74, 6) is 0.638. The fourth-order valence-electron chi connectivity index (χ4n) is 2.90. The van der Waals surface area contributed by atoms with E-state index in [0.29, 0.717) is 5.92 Å². The maximum Gasteiger partial charge on any atom is 0.0696 e. The van der Waals surface area contributed by atoms with Gasteiger partial charge in [0.25, 0.3) is 0 Å². The van der Waals surface area contributed by atoms with Crippen molar-refractivity contribution in [1.82, 2.24) is 0 Å². The fourth-order valence-corrected chi connectivity index (χ4v) is 2.90. The molecule has 0 aliphatic heterocycles. The molecule has 2 rings (SSSR count). The van der Waals surface area contributed by atoms with Gasteiger partial charge in [-0.1, -0.05) is 51.1 Å². The van der Waals surface area contributed by atoms with Crippen molar-refractivity contribution >= 4 is 0 Å². The van der Waals surface area contributed by atoms with Gasteiger partial charge in [-0.2, -0.15) is 0 Å². The van der Waals surface area contributed by atoms with E-state index in [1.165, 1.54) is 5.56 Å². The van der Waals surface area contributed by atoms with E-state index < -0.39 is 5.60 Å². The Balaban J connectivity index is 2.04. The van der Waals surface area contributed by atoms with Crippen LogP contribution in [0.1, 0.15) is 57.9 Å². The average molecular weight is 232 g/mol. The molecule has 0 saturated heterocycles. The number of rotatable bonds is 1. The van der Waals surface area contributed by atoms with Gasteiger partial charge in [0.05, 0.1) is 5.60 Å². The first kappa shape index (κ1) is 12.6. The standard InChI is InChI=1S/C16H24O/c1-15(2,3)16(17)11-9-14(10-12-16)13-7-5-4-6-8-13/h4-8,14,17H,9-12H2,1-3H3. The van der Waals surface area contributed by atoms with Gasteiger partial charge in [-0.25, -0.2) is 0 Å². The van der Waals surface area contributed by atoms with Gasteiger partial charge in [0.1, 0.15) is 0 Å². The number of hydrogen-bond donors (Lipinski definition) is 1. The quantitative estimate of drug-likeness (QED) is 0.772. The van der Waals surface area contributed by atoms with Crippen LogP contribution < -0.4 is 0 Å². The third kappa shape index (κ3) is 2.55. The van der Waals surface area contributed by atoms with Crippen LogP contribution in [0.2, 0.25) is 0 Å². The van der Waals surface area contributed by atoms with Crippen molar-refractivity contribution in [3.8, 4) is 0 Å². The van der Waals surface area contributed by atoms with Crippen molar-refractivity contribution in [3.05, 3.63) is 35.9 Å². The van der Waals surface area contributed by atoms with Gasteiger partial charge >= 0.3 is 0 Å². The second kappa shape index (κ2) is 4.45. The maximum absolute atomic E-state index is 10.7. The van der Waals surface area contributed by atoms with Crippen molar-refractivity contribution in [3.63, 3.8) is 0 Å². The smallest absolute Gasteiger partial charge is 0.0696 e. The van der Waals surface area contributed by atoms with E-state index in [1.54, 1.807) is 0 Å². The lowest BCUT2D eigenvalue weighted by molar-refractivity contribution is -0.0876. The van der Waals surface area contributed by atoms with Gasteiger partial charge in [-0.3, -0.25) is 0 Å². The van der Waals surface area contributed by atoms with Gasteiger partial charge in [-0.05, 0) is 42.6 Å². The molecule has 17 heavy (non-hydrogen) atoms.